The minimum absolute atomic E-state index is 0.0672. The van der Waals surface area contributed by atoms with Crippen LogP contribution in [0.15, 0.2) is 0 Å². The molecule has 14 nitrogen and oxygen atoms in total. The molecule has 0 spiro atoms. The first-order valence-corrected chi connectivity index (χ1v) is 11.1. The summed E-state index contributed by atoms with van der Waals surface area (Å²) < 4.78 is 0. The summed E-state index contributed by atoms with van der Waals surface area (Å²) in [5.41, 5.74) is 10.5. The first kappa shape index (κ1) is 28.8. The lowest BCUT2D eigenvalue weighted by Crippen LogP contribution is -2.57. The van der Waals surface area contributed by atoms with E-state index >= 15 is 0 Å². The second kappa shape index (κ2) is 14.8. The molecule has 34 heavy (non-hydrogen) atoms. The molecule has 0 aliphatic carbocycles. The van der Waals surface area contributed by atoms with Crippen LogP contribution in [0.1, 0.15) is 51.4 Å². The molecule has 10 N–H and O–H groups in total. The number of primary amides is 1. The summed E-state index contributed by atoms with van der Waals surface area (Å²) >= 11 is 0. The number of aliphatic carboxylic acids is 2. The molecule has 0 aromatic rings. The number of nitrogens with one attached hydrogen (secondary N) is 4. The van der Waals surface area contributed by atoms with Crippen LogP contribution in [0, 0.1) is 0 Å². The average Bonchev–Trinajstić information content (AvgIpc) is 3.29. The minimum Gasteiger partial charge on any atom is -0.481 e. The number of carboxylic acid groups (broad SMARTS) is 2. The van der Waals surface area contributed by atoms with E-state index in [-0.39, 0.29) is 19.3 Å². The van der Waals surface area contributed by atoms with Gasteiger partial charge in [0.25, 0.3) is 0 Å². The molecule has 4 unspecified atom stereocenters. The van der Waals surface area contributed by atoms with Gasteiger partial charge in [-0.2, -0.15) is 0 Å². The van der Waals surface area contributed by atoms with Crippen molar-refractivity contribution in [3.05, 3.63) is 0 Å². The van der Waals surface area contributed by atoms with E-state index in [1.807, 2.05) is 0 Å². The van der Waals surface area contributed by atoms with Crippen LogP contribution in [-0.2, 0) is 28.8 Å². The minimum atomic E-state index is -1.61. The number of amides is 4. The van der Waals surface area contributed by atoms with Gasteiger partial charge in [-0.1, -0.05) is 0 Å². The highest BCUT2D eigenvalue weighted by atomic mass is 16.4. The van der Waals surface area contributed by atoms with E-state index < -0.39 is 66.2 Å². The molecule has 1 aliphatic rings. The molecule has 4 amide bonds. The highest BCUT2D eigenvalue weighted by molar-refractivity contribution is 5.95. The Balaban J connectivity index is 2.91. The van der Waals surface area contributed by atoms with Gasteiger partial charge in [0.1, 0.15) is 18.1 Å². The van der Waals surface area contributed by atoms with Crippen molar-refractivity contribution in [3.63, 3.8) is 0 Å². The first-order valence-electron chi connectivity index (χ1n) is 11.1. The monoisotopic (exact) mass is 486 g/mol. The summed E-state index contributed by atoms with van der Waals surface area (Å²) in [6.07, 6.45) is 1.11. The Morgan fingerprint density at radius 3 is 2.09 bits per heavy atom. The smallest absolute Gasteiger partial charge is 0.326 e. The summed E-state index contributed by atoms with van der Waals surface area (Å²) in [7, 11) is 0. The van der Waals surface area contributed by atoms with E-state index in [4.69, 9.17) is 16.6 Å². The third kappa shape index (κ3) is 10.6. The number of hydrogen-bond donors (Lipinski definition) is 8. The van der Waals surface area contributed by atoms with Crippen LogP contribution in [0.4, 0.5) is 0 Å². The van der Waals surface area contributed by atoms with Gasteiger partial charge in [0.15, 0.2) is 0 Å². The van der Waals surface area contributed by atoms with Crippen molar-refractivity contribution in [1.29, 1.82) is 0 Å². The van der Waals surface area contributed by atoms with Crippen molar-refractivity contribution in [2.75, 3.05) is 13.1 Å². The van der Waals surface area contributed by atoms with Crippen molar-refractivity contribution in [3.8, 4) is 0 Å². The van der Waals surface area contributed by atoms with Gasteiger partial charge >= 0.3 is 11.9 Å². The van der Waals surface area contributed by atoms with Crippen LogP contribution in [0.5, 0.6) is 0 Å². The average molecular weight is 487 g/mol. The first-order chi connectivity index (χ1) is 16.0. The summed E-state index contributed by atoms with van der Waals surface area (Å²) in [6.45, 7) is 0.972. The molecule has 1 fully saturated rings. The van der Waals surface area contributed by atoms with E-state index in [0.717, 1.165) is 6.42 Å². The number of hydrogen-bond acceptors (Lipinski definition) is 8. The third-order valence-corrected chi connectivity index (χ3v) is 5.26. The fraction of sp³-hybridized carbons (Fsp3) is 0.700. The van der Waals surface area contributed by atoms with Crippen LogP contribution in [0.2, 0.25) is 0 Å². The normalized spacial score (nSPS) is 17.7. The van der Waals surface area contributed by atoms with Gasteiger partial charge in [0.2, 0.25) is 23.6 Å². The lowest BCUT2D eigenvalue weighted by atomic mass is 10.1. The second-order valence-electron chi connectivity index (χ2n) is 8.06. The van der Waals surface area contributed by atoms with Gasteiger partial charge in [0, 0.05) is 6.42 Å². The van der Waals surface area contributed by atoms with Crippen molar-refractivity contribution in [2.45, 2.75) is 75.5 Å². The zero-order chi connectivity index (χ0) is 25.7. The van der Waals surface area contributed by atoms with Crippen LogP contribution in [0.25, 0.3) is 0 Å². The van der Waals surface area contributed by atoms with E-state index in [9.17, 15) is 33.9 Å². The standard InChI is InChI=1S/C20H34N6O8/c21-8-2-1-4-13(20(33)34)25-19(32)14(10-16(28)29)26-18(31)12(6-7-15(22)27)24-17(30)11-5-3-9-23-11/h11-14,23H,1-10,21H2,(H2,22,27)(H,24,30)(H,25,32)(H,26,31)(H,28,29)(H,33,34). The molecule has 1 saturated heterocycles. The zero-order valence-corrected chi connectivity index (χ0v) is 18.9. The van der Waals surface area contributed by atoms with E-state index in [1.165, 1.54) is 0 Å². The molecule has 0 saturated carbocycles. The van der Waals surface area contributed by atoms with Crippen LogP contribution in [0.3, 0.4) is 0 Å². The number of carbonyl (C=O) groups excluding carboxylic acids is 4. The number of carbonyl (C=O) groups is 6. The third-order valence-electron chi connectivity index (χ3n) is 5.26. The summed E-state index contributed by atoms with van der Waals surface area (Å²) in [5.74, 6) is -5.83. The molecule has 14 heteroatoms. The number of nitrogens with two attached hydrogens (primary N) is 2. The maximum atomic E-state index is 12.8. The number of unbranched alkanes of at least 4 members (excludes halogenated alkanes) is 1. The van der Waals surface area contributed by atoms with Gasteiger partial charge in [-0.15, -0.1) is 0 Å². The maximum absolute atomic E-state index is 12.8. The maximum Gasteiger partial charge on any atom is 0.326 e. The summed E-state index contributed by atoms with van der Waals surface area (Å²) in [5, 5.41) is 28.4. The van der Waals surface area contributed by atoms with Gasteiger partial charge in [-0.3, -0.25) is 24.0 Å². The van der Waals surface area contributed by atoms with Gasteiger partial charge in [0.05, 0.1) is 12.5 Å². The predicted molar refractivity (Wildman–Crippen MR) is 118 cm³/mol. The predicted octanol–water partition coefficient (Wildman–Crippen LogP) is -2.85. The lowest BCUT2D eigenvalue weighted by Gasteiger charge is -2.24. The quantitative estimate of drug-likeness (QED) is 0.104. The molecule has 1 aliphatic heterocycles. The second-order valence-corrected chi connectivity index (χ2v) is 8.06. The Morgan fingerprint density at radius 1 is 0.912 bits per heavy atom. The molecule has 1 rings (SSSR count). The van der Waals surface area contributed by atoms with Crippen LogP contribution in [-0.4, -0.2) is 83.0 Å². The Bertz CT molecular complexity index is 755. The molecule has 192 valence electrons. The van der Waals surface area contributed by atoms with E-state index in [2.05, 4.69) is 21.3 Å². The van der Waals surface area contributed by atoms with Crippen molar-refractivity contribution in [2.24, 2.45) is 11.5 Å². The number of carboxylic acids is 2. The van der Waals surface area contributed by atoms with Crippen molar-refractivity contribution in [1.82, 2.24) is 21.3 Å². The SMILES string of the molecule is NCCCCC(NC(=O)C(CC(=O)O)NC(=O)C(CCC(N)=O)NC(=O)C1CCCN1)C(=O)O. The molecule has 0 bridgehead atoms. The van der Waals surface area contributed by atoms with Crippen LogP contribution < -0.4 is 32.7 Å². The molecular weight excluding hydrogens is 452 g/mol. The van der Waals surface area contributed by atoms with E-state index in [0.29, 0.717) is 32.4 Å². The fourth-order valence-corrected chi connectivity index (χ4v) is 3.41. The van der Waals surface area contributed by atoms with Crippen LogP contribution >= 0.6 is 0 Å². The fourth-order valence-electron chi connectivity index (χ4n) is 3.41. The highest BCUT2D eigenvalue weighted by Crippen LogP contribution is 2.08. The van der Waals surface area contributed by atoms with Gasteiger partial charge < -0.3 is 42.9 Å². The largest absolute Gasteiger partial charge is 0.481 e. The van der Waals surface area contributed by atoms with Crippen molar-refractivity contribution >= 4 is 35.6 Å². The summed E-state index contributed by atoms with van der Waals surface area (Å²) in [6, 6.07) is -4.69. The van der Waals surface area contributed by atoms with Gasteiger partial charge in [-0.25, -0.2) is 4.79 Å². The Kier molecular flexibility index (Phi) is 12.5. The van der Waals surface area contributed by atoms with Crippen molar-refractivity contribution < 1.29 is 39.0 Å². The van der Waals surface area contributed by atoms with Gasteiger partial charge in [-0.05, 0) is 51.6 Å². The molecule has 0 aromatic carbocycles. The summed E-state index contributed by atoms with van der Waals surface area (Å²) in [4.78, 5) is 71.8. The Hall–Kier alpha value is -3.26. The molecule has 1 heterocycles. The highest BCUT2D eigenvalue weighted by Gasteiger charge is 2.32. The Morgan fingerprint density at radius 2 is 1.56 bits per heavy atom. The molecule has 0 aromatic heterocycles. The zero-order valence-electron chi connectivity index (χ0n) is 18.9. The lowest BCUT2D eigenvalue weighted by molar-refractivity contribution is -0.143. The molecular formula is C20H34N6O8. The number of rotatable bonds is 16. The topological polar surface area (TPSA) is 243 Å². The molecule has 4 atom stereocenters. The Labute approximate surface area is 196 Å². The molecule has 0 radical (unpaired) electrons. The van der Waals surface area contributed by atoms with E-state index in [1.54, 1.807) is 0 Å².